The summed E-state index contributed by atoms with van der Waals surface area (Å²) >= 11 is 12.1. The third-order valence-corrected chi connectivity index (χ3v) is 4.70. The van der Waals surface area contributed by atoms with Crippen molar-refractivity contribution >= 4 is 34.8 Å². The number of halogens is 3. The molecule has 4 aromatic rings. The third kappa shape index (κ3) is 3.65. The van der Waals surface area contributed by atoms with Crippen LogP contribution in [0.15, 0.2) is 71.3 Å². The van der Waals surface area contributed by atoms with Gasteiger partial charge in [-0.3, -0.25) is 4.79 Å². The molecule has 4 rings (SSSR count). The number of rotatable bonds is 4. The van der Waals surface area contributed by atoms with E-state index in [1.165, 1.54) is 35.2 Å². The Balaban J connectivity index is 1.76. The van der Waals surface area contributed by atoms with Crippen LogP contribution in [0.1, 0.15) is 10.5 Å². The number of amides is 1. The highest BCUT2D eigenvalue weighted by Gasteiger charge is 2.19. The number of nitrogens with zero attached hydrogens (tertiary/aromatic N) is 2. The van der Waals surface area contributed by atoms with Crippen LogP contribution >= 0.6 is 23.2 Å². The largest absolute Gasteiger partial charge is 0.463 e. The maximum Gasteiger partial charge on any atom is 0.274 e. The van der Waals surface area contributed by atoms with Crippen molar-refractivity contribution in [2.24, 2.45) is 0 Å². The Morgan fingerprint density at radius 1 is 1.04 bits per heavy atom. The van der Waals surface area contributed by atoms with E-state index in [0.29, 0.717) is 32.9 Å². The Bertz CT molecular complexity index is 1140. The molecule has 1 N–H and O–H groups in total. The monoisotopic (exact) mass is 415 g/mol. The first kappa shape index (κ1) is 18.3. The van der Waals surface area contributed by atoms with Gasteiger partial charge in [-0.05, 0) is 54.6 Å². The lowest BCUT2D eigenvalue weighted by Gasteiger charge is -2.09. The summed E-state index contributed by atoms with van der Waals surface area (Å²) in [5, 5.41) is 7.92. The smallest absolute Gasteiger partial charge is 0.274 e. The number of carbonyl (C=O) groups is 1. The van der Waals surface area contributed by atoms with E-state index in [1.807, 2.05) is 0 Å². The second-order valence-electron chi connectivity index (χ2n) is 5.86. The van der Waals surface area contributed by atoms with Crippen molar-refractivity contribution in [1.29, 1.82) is 0 Å². The molecule has 0 bridgehead atoms. The minimum absolute atomic E-state index is 0.245. The summed E-state index contributed by atoms with van der Waals surface area (Å²) in [7, 11) is 0. The van der Waals surface area contributed by atoms with Crippen molar-refractivity contribution in [3.63, 3.8) is 0 Å². The summed E-state index contributed by atoms with van der Waals surface area (Å²) in [6.45, 7) is 0. The van der Waals surface area contributed by atoms with Crippen LogP contribution in [0.3, 0.4) is 0 Å². The lowest BCUT2D eigenvalue weighted by atomic mass is 10.2. The highest BCUT2D eigenvalue weighted by Crippen LogP contribution is 2.27. The Morgan fingerprint density at radius 2 is 1.82 bits per heavy atom. The molecule has 0 aliphatic rings. The second kappa shape index (κ2) is 7.50. The van der Waals surface area contributed by atoms with Gasteiger partial charge < -0.3 is 9.73 Å². The number of hydrogen-bond acceptors (Lipinski definition) is 3. The lowest BCUT2D eigenvalue weighted by Crippen LogP contribution is -2.17. The molecule has 1 amide bonds. The van der Waals surface area contributed by atoms with Gasteiger partial charge in [0.2, 0.25) is 0 Å². The quantitative estimate of drug-likeness (QED) is 0.455. The fourth-order valence-corrected chi connectivity index (χ4v) is 2.92. The molecule has 2 aromatic carbocycles. The van der Waals surface area contributed by atoms with Gasteiger partial charge in [-0.2, -0.15) is 5.10 Å². The zero-order valence-electron chi connectivity index (χ0n) is 14.2. The van der Waals surface area contributed by atoms with E-state index in [4.69, 9.17) is 27.6 Å². The number of anilines is 1. The van der Waals surface area contributed by atoms with Crippen LogP contribution in [0.2, 0.25) is 10.0 Å². The highest BCUT2D eigenvalue weighted by atomic mass is 35.5. The van der Waals surface area contributed by atoms with Crippen molar-refractivity contribution in [3.05, 3.63) is 88.5 Å². The van der Waals surface area contributed by atoms with Crippen molar-refractivity contribution in [1.82, 2.24) is 9.78 Å². The fraction of sp³-hybridized carbons (Fsp3) is 0. The van der Waals surface area contributed by atoms with E-state index in [9.17, 15) is 9.18 Å². The summed E-state index contributed by atoms with van der Waals surface area (Å²) in [5.74, 6) is -0.309. The Morgan fingerprint density at radius 3 is 2.50 bits per heavy atom. The number of hydrogen-bond donors (Lipinski definition) is 1. The highest BCUT2D eigenvalue weighted by molar-refractivity contribution is 6.42. The average molecular weight is 416 g/mol. The van der Waals surface area contributed by atoms with E-state index in [2.05, 4.69) is 10.4 Å². The molecule has 8 heteroatoms. The first-order chi connectivity index (χ1) is 13.5. The number of nitrogens with one attached hydrogen (secondary N) is 1. The zero-order chi connectivity index (χ0) is 19.7. The summed E-state index contributed by atoms with van der Waals surface area (Å²) in [5.41, 5.74) is 1.72. The minimum Gasteiger partial charge on any atom is -0.463 e. The Kier molecular flexibility index (Phi) is 4.90. The van der Waals surface area contributed by atoms with Gasteiger partial charge in [-0.1, -0.05) is 23.2 Å². The Labute approximate surface area is 169 Å². The van der Waals surface area contributed by atoms with Crippen LogP contribution in [-0.2, 0) is 0 Å². The molecule has 0 fully saturated rings. The molecular formula is C20H12Cl2FN3O2. The zero-order valence-corrected chi connectivity index (χ0v) is 15.7. The molecule has 0 saturated heterocycles. The number of carbonyl (C=O) groups excluding carboxylic acids is 1. The van der Waals surface area contributed by atoms with Crippen LogP contribution in [-0.4, -0.2) is 15.7 Å². The van der Waals surface area contributed by atoms with Gasteiger partial charge in [0.15, 0.2) is 5.76 Å². The second-order valence-corrected chi connectivity index (χ2v) is 6.68. The maximum atomic E-state index is 13.1. The number of furan rings is 1. The normalized spacial score (nSPS) is 10.8. The van der Waals surface area contributed by atoms with Crippen LogP contribution in [0.25, 0.3) is 17.1 Å². The van der Waals surface area contributed by atoms with Gasteiger partial charge >= 0.3 is 0 Å². The van der Waals surface area contributed by atoms with Crippen molar-refractivity contribution < 1.29 is 13.6 Å². The summed E-state index contributed by atoms with van der Waals surface area (Å²) in [4.78, 5) is 12.9. The summed E-state index contributed by atoms with van der Waals surface area (Å²) in [6, 6.07) is 15.5. The van der Waals surface area contributed by atoms with Crippen molar-refractivity contribution in [3.8, 4) is 17.1 Å². The third-order valence-electron chi connectivity index (χ3n) is 3.97. The Hall–Kier alpha value is -3.09. The molecule has 5 nitrogen and oxygen atoms in total. The van der Waals surface area contributed by atoms with Gasteiger partial charge in [0.25, 0.3) is 5.91 Å². The lowest BCUT2D eigenvalue weighted by molar-refractivity contribution is 0.101. The van der Waals surface area contributed by atoms with Crippen LogP contribution in [0, 0.1) is 5.82 Å². The molecule has 0 unspecified atom stereocenters. The standard InChI is InChI=1S/C20H12Cl2FN3O2/c21-15-8-7-14(10-16(15)22)26-18(11-17(25-26)19-2-1-9-28-19)20(27)24-13-5-3-12(23)4-6-13/h1-11H,(H,24,27). The summed E-state index contributed by atoms with van der Waals surface area (Å²) in [6.07, 6.45) is 1.52. The number of benzene rings is 2. The topological polar surface area (TPSA) is 60.1 Å². The van der Waals surface area contributed by atoms with Crippen LogP contribution in [0.5, 0.6) is 0 Å². The molecule has 0 atom stereocenters. The van der Waals surface area contributed by atoms with E-state index in [1.54, 1.807) is 36.4 Å². The molecule has 0 spiro atoms. The van der Waals surface area contributed by atoms with Gasteiger partial charge in [-0.25, -0.2) is 9.07 Å². The van der Waals surface area contributed by atoms with Gasteiger partial charge in [0.05, 0.1) is 22.0 Å². The minimum atomic E-state index is -0.428. The SMILES string of the molecule is O=C(Nc1ccc(F)cc1)c1cc(-c2ccco2)nn1-c1ccc(Cl)c(Cl)c1. The first-order valence-corrected chi connectivity index (χ1v) is 8.93. The molecule has 0 aliphatic carbocycles. The first-order valence-electron chi connectivity index (χ1n) is 8.17. The van der Waals surface area contributed by atoms with E-state index < -0.39 is 5.91 Å². The van der Waals surface area contributed by atoms with E-state index >= 15 is 0 Å². The molecule has 2 heterocycles. The van der Waals surface area contributed by atoms with Gasteiger partial charge in [0, 0.05) is 11.8 Å². The van der Waals surface area contributed by atoms with E-state index in [0.717, 1.165) is 0 Å². The number of aromatic nitrogens is 2. The van der Waals surface area contributed by atoms with E-state index in [-0.39, 0.29) is 11.5 Å². The predicted octanol–water partition coefficient (Wildman–Crippen LogP) is 5.83. The predicted molar refractivity (Wildman–Crippen MR) is 106 cm³/mol. The molecule has 2 aromatic heterocycles. The van der Waals surface area contributed by atoms with Gasteiger partial charge in [-0.15, -0.1) is 0 Å². The molecule has 0 saturated carbocycles. The maximum absolute atomic E-state index is 13.1. The van der Waals surface area contributed by atoms with Gasteiger partial charge in [0.1, 0.15) is 17.2 Å². The summed E-state index contributed by atoms with van der Waals surface area (Å²) < 4.78 is 19.9. The average Bonchev–Trinajstić information content (AvgIpc) is 3.35. The molecule has 140 valence electrons. The molecule has 0 radical (unpaired) electrons. The molecular weight excluding hydrogens is 404 g/mol. The van der Waals surface area contributed by atoms with Crippen molar-refractivity contribution in [2.45, 2.75) is 0 Å². The molecule has 0 aliphatic heterocycles. The fourth-order valence-electron chi connectivity index (χ4n) is 2.63. The van der Waals surface area contributed by atoms with Crippen molar-refractivity contribution in [2.75, 3.05) is 5.32 Å². The van der Waals surface area contributed by atoms with Crippen LogP contribution < -0.4 is 5.32 Å². The molecule has 28 heavy (non-hydrogen) atoms. The van der Waals surface area contributed by atoms with Crippen LogP contribution in [0.4, 0.5) is 10.1 Å².